The van der Waals surface area contributed by atoms with Gasteiger partial charge in [0.1, 0.15) is 17.2 Å². The molecule has 1 heterocycles. The summed E-state index contributed by atoms with van der Waals surface area (Å²) in [5.41, 5.74) is 13.9. The Bertz CT molecular complexity index is 1140. The maximum absolute atomic E-state index is 13.0. The van der Waals surface area contributed by atoms with Crippen LogP contribution in [0.4, 0.5) is 11.5 Å². The number of benzene rings is 2. The molecule has 3 aromatic rings. The van der Waals surface area contributed by atoms with E-state index in [1.54, 1.807) is 36.0 Å². The van der Waals surface area contributed by atoms with Crippen molar-refractivity contribution in [3.05, 3.63) is 81.6 Å². The lowest BCUT2D eigenvalue weighted by atomic mass is 10.1. The van der Waals surface area contributed by atoms with Crippen LogP contribution in [0, 0.1) is 5.92 Å². The molecule has 0 radical (unpaired) electrons. The second-order valence-electron chi connectivity index (χ2n) is 7.78. The van der Waals surface area contributed by atoms with Crippen molar-refractivity contribution in [3.8, 4) is 0 Å². The number of amides is 1. The number of rotatable bonds is 7. The number of aliphatic imine (C=N–C) groups is 1. The summed E-state index contributed by atoms with van der Waals surface area (Å²) in [4.78, 5) is 29.0. The van der Waals surface area contributed by atoms with Crippen molar-refractivity contribution in [2.24, 2.45) is 23.7 Å². The zero-order valence-electron chi connectivity index (χ0n) is 18.0. The van der Waals surface area contributed by atoms with Gasteiger partial charge in [-0.25, -0.2) is 0 Å². The molecule has 3 rings (SSSR count). The number of primary amides is 1. The number of nitrogens with two attached hydrogens (primary N) is 2. The third-order valence-electron chi connectivity index (χ3n) is 4.87. The highest BCUT2D eigenvalue weighted by atomic mass is 16.1. The number of nitrogen functional groups attached to an aromatic ring is 1. The largest absolute Gasteiger partial charge is 0.383 e. The number of hydrogen-bond acceptors (Lipinski definition) is 4. The monoisotopic (exact) mass is 420 g/mol. The Kier molecular flexibility index (Phi) is 6.59. The van der Waals surface area contributed by atoms with Crippen LogP contribution < -0.4 is 22.3 Å². The van der Waals surface area contributed by atoms with Crippen LogP contribution in [-0.2, 0) is 20.1 Å². The summed E-state index contributed by atoms with van der Waals surface area (Å²) in [7, 11) is 1.70. The quantitative estimate of drug-likeness (QED) is 0.402. The highest BCUT2D eigenvalue weighted by Crippen LogP contribution is 2.16. The van der Waals surface area contributed by atoms with Crippen LogP contribution in [-0.4, -0.2) is 21.1 Å². The Morgan fingerprint density at radius 2 is 1.74 bits per heavy atom. The number of nitrogens with zero attached hydrogens (tertiary/aromatic N) is 3. The minimum Gasteiger partial charge on any atom is -0.383 e. The van der Waals surface area contributed by atoms with Gasteiger partial charge in [0.25, 0.3) is 5.56 Å². The summed E-state index contributed by atoms with van der Waals surface area (Å²) in [6.07, 6.45) is 0. The molecule has 0 atom stereocenters. The van der Waals surface area contributed by atoms with Crippen LogP contribution in [0.3, 0.4) is 0 Å². The molecule has 0 fully saturated rings. The highest BCUT2D eigenvalue weighted by molar-refractivity contribution is 6.10. The lowest BCUT2D eigenvalue weighted by Gasteiger charge is -2.13. The third kappa shape index (κ3) is 5.03. The molecule has 0 bridgehead atoms. The summed E-state index contributed by atoms with van der Waals surface area (Å²) in [6.45, 7) is 5.05. The number of hydrogen-bond donors (Lipinski definition) is 3. The van der Waals surface area contributed by atoms with Crippen LogP contribution in [0.5, 0.6) is 0 Å². The number of aromatic nitrogens is 2. The number of nitrogens with one attached hydrogen (secondary N) is 1. The first-order valence-electron chi connectivity index (χ1n) is 10.1. The second-order valence-corrected chi connectivity index (χ2v) is 7.78. The van der Waals surface area contributed by atoms with E-state index in [1.807, 2.05) is 30.3 Å². The van der Waals surface area contributed by atoms with Gasteiger partial charge in [-0.05, 0) is 35.7 Å². The number of carbonyl (C=O) groups excluding carboxylic acids is 1. The number of carbonyl (C=O) groups is 1. The van der Waals surface area contributed by atoms with Crippen LogP contribution >= 0.6 is 0 Å². The smallest absolute Gasteiger partial charge is 0.279 e. The van der Waals surface area contributed by atoms with Crippen molar-refractivity contribution < 1.29 is 4.79 Å². The van der Waals surface area contributed by atoms with E-state index in [2.05, 4.69) is 24.2 Å². The van der Waals surface area contributed by atoms with E-state index in [9.17, 15) is 9.59 Å². The fourth-order valence-corrected chi connectivity index (χ4v) is 3.25. The summed E-state index contributed by atoms with van der Waals surface area (Å²) >= 11 is 0. The number of amidine groups is 1. The summed E-state index contributed by atoms with van der Waals surface area (Å²) < 4.78 is 3.29. The fraction of sp³-hybridized carbons (Fsp3) is 0.261. The molecule has 0 saturated heterocycles. The molecule has 31 heavy (non-hydrogen) atoms. The van der Waals surface area contributed by atoms with Gasteiger partial charge < -0.3 is 16.8 Å². The lowest BCUT2D eigenvalue weighted by molar-refractivity contribution is 0.100. The molecule has 1 amide bonds. The third-order valence-corrected chi connectivity index (χ3v) is 4.87. The Balaban J connectivity index is 2.02. The molecule has 5 N–H and O–H groups in total. The van der Waals surface area contributed by atoms with Gasteiger partial charge in [0, 0.05) is 24.8 Å². The maximum atomic E-state index is 13.0. The van der Waals surface area contributed by atoms with Crippen LogP contribution in [0.25, 0.3) is 0 Å². The van der Waals surface area contributed by atoms with Crippen molar-refractivity contribution in [1.82, 2.24) is 9.36 Å². The predicted octanol–water partition coefficient (Wildman–Crippen LogP) is 2.58. The lowest BCUT2D eigenvalue weighted by Crippen LogP contribution is -2.26. The molecule has 1 aromatic heterocycles. The number of anilines is 2. The van der Waals surface area contributed by atoms with Gasteiger partial charge >= 0.3 is 0 Å². The first kappa shape index (κ1) is 21.9. The van der Waals surface area contributed by atoms with Gasteiger partial charge in [0.2, 0.25) is 5.91 Å². The molecule has 0 saturated carbocycles. The topological polar surface area (TPSA) is 120 Å². The van der Waals surface area contributed by atoms with Gasteiger partial charge in [-0.15, -0.1) is 0 Å². The van der Waals surface area contributed by atoms with Gasteiger partial charge in [-0.1, -0.05) is 44.2 Å². The summed E-state index contributed by atoms with van der Waals surface area (Å²) in [5.74, 6) is 0.599. The van der Waals surface area contributed by atoms with Gasteiger partial charge in [-0.2, -0.15) is 0 Å². The minimum absolute atomic E-state index is 0.218. The average Bonchev–Trinajstić information content (AvgIpc) is 2.95. The normalized spacial score (nSPS) is 11.7. The first-order valence-corrected chi connectivity index (χ1v) is 10.1. The Labute approximate surface area is 181 Å². The van der Waals surface area contributed by atoms with Gasteiger partial charge in [0.15, 0.2) is 0 Å². The molecule has 2 aromatic carbocycles. The van der Waals surface area contributed by atoms with Crippen molar-refractivity contribution in [2.75, 3.05) is 11.1 Å². The molecular weight excluding hydrogens is 392 g/mol. The first-order chi connectivity index (χ1) is 14.8. The van der Waals surface area contributed by atoms with E-state index in [0.29, 0.717) is 41.8 Å². The molecule has 0 spiro atoms. The van der Waals surface area contributed by atoms with Gasteiger partial charge in [-0.3, -0.25) is 23.9 Å². The Morgan fingerprint density at radius 3 is 2.32 bits per heavy atom. The maximum Gasteiger partial charge on any atom is 0.279 e. The molecule has 0 aliphatic rings. The zero-order chi connectivity index (χ0) is 22.5. The van der Waals surface area contributed by atoms with E-state index in [0.717, 1.165) is 11.3 Å². The van der Waals surface area contributed by atoms with E-state index in [-0.39, 0.29) is 5.56 Å². The van der Waals surface area contributed by atoms with E-state index in [4.69, 9.17) is 11.5 Å². The van der Waals surface area contributed by atoms with Gasteiger partial charge in [0.05, 0.1) is 6.54 Å². The molecule has 8 heteroatoms. The Morgan fingerprint density at radius 1 is 1.10 bits per heavy atom. The zero-order valence-corrected chi connectivity index (χ0v) is 18.0. The minimum atomic E-state index is -0.482. The summed E-state index contributed by atoms with van der Waals surface area (Å²) in [6, 6.07) is 16.4. The van der Waals surface area contributed by atoms with Crippen LogP contribution in [0.15, 0.2) is 64.4 Å². The second kappa shape index (κ2) is 9.34. The molecule has 8 nitrogen and oxygen atoms in total. The fourth-order valence-electron chi connectivity index (χ4n) is 3.25. The van der Waals surface area contributed by atoms with Crippen LogP contribution in [0.2, 0.25) is 0 Å². The van der Waals surface area contributed by atoms with E-state index < -0.39 is 5.91 Å². The predicted molar refractivity (Wildman–Crippen MR) is 124 cm³/mol. The summed E-state index contributed by atoms with van der Waals surface area (Å²) in [5, 5.41) is 3.24. The standard InChI is InChI=1S/C23H28N6O2/c1-15(2)14-29-20(24)19(23(31)28(29)3)22(27-18-7-5-4-6-8-18)26-13-16-9-11-17(12-10-16)21(25)30/h4-12,15H,13-14,24H2,1-3H3,(H2,25,30)(H,26,27). The molecule has 0 aliphatic carbocycles. The van der Waals surface area contributed by atoms with Crippen molar-refractivity contribution in [3.63, 3.8) is 0 Å². The molecule has 0 unspecified atom stereocenters. The van der Waals surface area contributed by atoms with Crippen molar-refractivity contribution >= 4 is 23.2 Å². The highest BCUT2D eigenvalue weighted by Gasteiger charge is 2.21. The molecular formula is C23H28N6O2. The molecule has 162 valence electrons. The van der Waals surface area contributed by atoms with E-state index >= 15 is 0 Å². The van der Waals surface area contributed by atoms with Crippen molar-refractivity contribution in [2.45, 2.75) is 26.9 Å². The molecule has 0 aliphatic heterocycles. The SMILES string of the molecule is CC(C)Cn1c(N)c(C(=NCc2ccc(C(N)=O)cc2)Nc2ccccc2)c(=O)n1C. The van der Waals surface area contributed by atoms with E-state index in [1.165, 1.54) is 4.68 Å². The average molecular weight is 421 g/mol. The number of para-hydroxylation sites is 1. The Hall–Kier alpha value is -3.81. The van der Waals surface area contributed by atoms with Crippen LogP contribution in [0.1, 0.15) is 35.3 Å². The van der Waals surface area contributed by atoms with Crippen molar-refractivity contribution in [1.29, 1.82) is 0 Å².